The van der Waals surface area contributed by atoms with Crippen molar-refractivity contribution in [1.29, 1.82) is 0 Å². The van der Waals surface area contributed by atoms with Crippen LogP contribution < -0.4 is 10.6 Å². The maximum atomic E-state index is 11.7. The van der Waals surface area contributed by atoms with Crippen LogP contribution in [-0.4, -0.2) is 33.0 Å². The summed E-state index contributed by atoms with van der Waals surface area (Å²) in [5, 5.41) is 0. The van der Waals surface area contributed by atoms with E-state index < -0.39 is 9.84 Å². The number of hydrogen-bond acceptors (Lipinski definition) is 4. The first kappa shape index (κ1) is 14.3. The predicted octanol–water partition coefficient (Wildman–Crippen LogP) is 1.72. The van der Waals surface area contributed by atoms with Gasteiger partial charge in [-0.05, 0) is 24.5 Å². The van der Waals surface area contributed by atoms with Gasteiger partial charge in [-0.25, -0.2) is 8.42 Å². The van der Waals surface area contributed by atoms with Crippen molar-refractivity contribution in [2.45, 2.75) is 25.8 Å². The maximum absolute atomic E-state index is 11.7. The van der Waals surface area contributed by atoms with E-state index in [9.17, 15) is 8.42 Å². The number of para-hydroxylation sites is 1. The molecule has 0 spiro atoms. The van der Waals surface area contributed by atoms with Crippen LogP contribution in [0.2, 0.25) is 0 Å². The molecule has 0 bridgehead atoms. The standard InChI is InChI=1S/C14H22N2O2S/c1-2-19(17,18)11-10-16-9-5-7-13(15)12-6-3-4-8-14(12)16/h3-4,6,8,13H,2,5,7,9-11,15H2,1H3. The molecule has 1 unspecified atom stereocenters. The number of anilines is 1. The summed E-state index contributed by atoms with van der Waals surface area (Å²) in [6.45, 7) is 3.13. The third-order valence-corrected chi connectivity index (χ3v) is 5.42. The highest BCUT2D eigenvalue weighted by Gasteiger charge is 2.21. The summed E-state index contributed by atoms with van der Waals surface area (Å²) in [6.07, 6.45) is 1.95. The fourth-order valence-corrected chi connectivity index (χ4v) is 3.28. The molecule has 0 saturated heterocycles. The molecule has 0 amide bonds. The number of nitrogens with zero attached hydrogens (tertiary/aromatic N) is 1. The Morgan fingerprint density at radius 3 is 2.84 bits per heavy atom. The van der Waals surface area contributed by atoms with Gasteiger partial charge in [0.25, 0.3) is 0 Å². The lowest BCUT2D eigenvalue weighted by molar-refractivity contribution is 0.594. The molecular weight excluding hydrogens is 260 g/mol. The zero-order chi connectivity index (χ0) is 13.9. The molecule has 1 heterocycles. The second kappa shape index (κ2) is 5.92. The molecule has 1 aromatic rings. The Morgan fingerprint density at radius 2 is 2.11 bits per heavy atom. The van der Waals surface area contributed by atoms with E-state index in [1.54, 1.807) is 6.92 Å². The van der Waals surface area contributed by atoms with Crippen molar-refractivity contribution < 1.29 is 8.42 Å². The molecular formula is C14H22N2O2S. The fraction of sp³-hybridized carbons (Fsp3) is 0.571. The zero-order valence-electron chi connectivity index (χ0n) is 11.4. The average Bonchev–Trinajstić information content (AvgIpc) is 2.57. The van der Waals surface area contributed by atoms with Gasteiger partial charge in [0.15, 0.2) is 9.84 Å². The number of benzene rings is 1. The van der Waals surface area contributed by atoms with Gasteiger partial charge in [0.1, 0.15) is 0 Å². The molecule has 0 radical (unpaired) electrons. The third kappa shape index (κ3) is 3.48. The molecule has 106 valence electrons. The maximum Gasteiger partial charge on any atom is 0.151 e. The summed E-state index contributed by atoms with van der Waals surface area (Å²) in [5.41, 5.74) is 8.40. The number of hydrogen-bond donors (Lipinski definition) is 1. The lowest BCUT2D eigenvalue weighted by Gasteiger charge is -2.25. The molecule has 2 rings (SSSR count). The van der Waals surface area contributed by atoms with Crippen LogP contribution in [0.25, 0.3) is 0 Å². The molecule has 1 aromatic carbocycles. The average molecular weight is 282 g/mol. The zero-order valence-corrected chi connectivity index (χ0v) is 12.2. The van der Waals surface area contributed by atoms with E-state index >= 15 is 0 Å². The van der Waals surface area contributed by atoms with Gasteiger partial charge in [0, 0.05) is 30.6 Å². The highest BCUT2D eigenvalue weighted by Crippen LogP contribution is 2.31. The van der Waals surface area contributed by atoms with Crippen LogP contribution in [0.5, 0.6) is 0 Å². The van der Waals surface area contributed by atoms with E-state index in [0.29, 0.717) is 6.54 Å². The minimum Gasteiger partial charge on any atom is -0.370 e. The molecule has 4 nitrogen and oxygen atoms in total. The van der Waals surface area contributed by atoms with E-state index in [0.717, 1.165) is 30.6 Å². The van der Waals surface area contributed by atoms with E-state index in [-0.39, 0.29) is 17.5 Å². The molecule has 1 aliphatic heterocycles. The van der Waals surface area contributed by atoms with Gasteiger partial charge in [-0.1, -0.05) is 25.1 Å². The molecule has 0 saturated carbocycles. The first-order chi connectivity index (χ1) is 9.03. The summed E-state index contributed by atoms with van der Waals surface area (Å²) < 4.78 is 23.3. The van der Waals surface area contributed by atoms with Gasteiger partial charge in [-0.2, -0.15) is 0 Å². The van der Waals surface area contributed by atoms with Gasteiger partial charge in [0.2, 0.25) is 0 Å². The van der Waals surface area contributed by atoms with Gasteiger partial charge in [-0.3, -0.25) is 0 Å². The van der Waals surface area contributed by atoms with E-state index in [1.807, 2.05) is 24.3 Å². The van der Waals surface area contributed by atoms with Gasteiger partial charge < -0.3 is 10.6 Å². The molecule has 1 aliphatic rings. The van der Waals surface area contributed by atoms with E-state index in [2.05, 4.69) is 4.90 Å². The lowest BCUT2D eigenvalue weighted by Crippen LogP contribution is -2.30. The van der Waals surface area contributed by atoms with Crippen molar-refractivity contribution in [3.63, 3.8) is 0 Å². The summed E-state index contributed by atoms with van der Waals surface area (Å²) >= 11 is 0. The van der Waals surface area contributed by atoms with Crippen LogP contribution in [0.1, 0.15) is 31.4 Å². The summed E-state index contributed by atoms with van der Waals surface area (Å²) in [6, 6.07) is 8.12. The van der Waals surface area contributed by atoms with Crippen molar-refractivity contribution in [1.82, 2.24) is 0 Å². The third-order valence-electron chi connectivity index (χ3n) is 3.73. The Kier molecular flexibility index (Phi) is 4.47. The van der Waals surface area contributed by atoms with E-state index in [4.69, 9.17) is 5.73 Å². The lowest BCUT2D eigenvalue weighted by atomic mass is 10.0. The Labute approximate surface area is 115 Å². The van der Waals surface area contributed by atoms with Crippen molar-refractivity contribution in [2.24, 2.45) is 5.73 Å². The number of fused-ring (bicyclic) bond motifs is 1. The van der Waals surface area contributed by atoms with Gasteiger partial charge >= 0.3 is 0 Å². The van der Waals surface area contributed by atoms with E-state index in [1.165, 1.54) is 0 Å². The molecule has 1 atom stereocenters. The molecule has 0 fully saturated rings. The molecule has 0 aromatic heterocycles. The summed E-state index contributed by atoms with van der Waals surface area (Å²) in [5.74, 6) is 0.426. The van der Waals surface area contributed by atoms with Crippen LogP contribution in [0, 0.1) is 0 Å². The quantitative estimate of drug-likeness (QED) is 0.913. The second-order valence-electron chi connectivity index (χ2n) is 5.03. The predicted molar refractivity (Wildman–Crippen MR) is 79.1 cm³/mol. The Hall–Kier alpha value is -1.07. The van der Waals surface area contributed by atoms with Crippen LogP contribution in [0.3, 0.4) is 0 Å². The van der Waals surface area contributed by atoms with Crippen molar-refractivity contribution in [3.8, 4) is 0 Å². The highest BCUT2D eigenvalue weighted by atomic mass is 32.2. The minimum atomic E-state index is -2.92. The van der Waals surface area contributed by atoms with Crippen LogP contribution in [-0.2, 0) is 9.84 Å². The smallest absolute Gasteiger partial charge is 0.151 e. The number of rotatable bonds is 4. The van der Waals surface area contributed by atoms with Crippen molar-refractivity contribution in [2.75, 3.05) is 29.5 Å². The van der Waals surface area contributed by atoms with Crippen LogP contribution >= 0.6 is 0 Å². The Bertz CT molecular complexity index is 528. The minimum absolute atomic E-state index is 0.0592. The topological polar surface area (TPSA) is 63.4 Å². The second-order valence-corrected chi connectivity index (χ2v) is 7.50. The van der Waals surface area contributed by atoms with Gasteiger partial charge in [0.05, 0.1) is 5.75 Å². The molecule has 19 heavy (non-hydrogen) atoms. The molecule has 5 heteroatoms. The fourth-order valence-electron chi connectivity index (χ4n) is 2.49. The van der Waals surface area contributed by atoms with Gasteiger partial charge in [-0.15, -0.1) is 0 Å². The van der Waals surface area contributed by atoms with Crippen molar-refractivity contribution >= 4 is 15.5 Å². The van der Waals surface area contributed by atoms with Crippen LogP contribution in [0.15, 0.2) is 24.3 Å². The van der Waals surface area contributed by atoms with Crippen molar-refractivity contribution in [3.05, 3.63) is 29.8 Å². The Balaban J connectivity index is 2.19. The first-order valence-electron chi connectivity index (χ1n) is 6.83. The Morgan fingerprint density at radius 1 is 1.37 bits per heavy atom. The highest BCUT2D eigenvalue weighted by molar-refractivity contribution is 7.91. The molecule has 0 aliphatic carbocycles. The normalized spacial score (nSPS) is 19.9. The largest absolute Gasteiger partial charge is 0.370 e. The molecule has 2 N–H and O–H groups in total. The van der Waals surface area contributed by atoms with Crippen LogP contribution in [0.4, 0.5) is 5.69 Å². The first-order valence-corrected chi connectivity index (χ1v) is 8.65. The monoisotopic (exact) mass is 282 g/mol. The summed E-state index contributed by atoms with van der Waals surface area (Å²) in [4.78, 5) is 2.16. The number of sulfone groups is 1. The SMILES string of the molecule is CCS(=O)(=O)CCN1CCCC(N)c2ccccc21. The number of nitrogens with two attached hydrogens (primary N) is 1. The summed E-state index contributed by atoms with van der Waals surface area (Å²) in [7, 11) is -2.92.